The maximum atomic E-state index is 11.7. The fourth-order valence-electron chi connectivity index (χ4n) is 1.71. The average Bonchev–Trinajstić information content (AvgIpc) is 2.22. The molecule has 18 heavy (non-hydrogen) atoms. The molecule has 5 heteroatoms. The number of carboxylic acids is 1. The molecule has 0 radical (unpaired) electrons. The van der Waals surface area contributed by atoms with Crippen molar-refractivity contribution in [3.05, 3.63) is 27.7 Å². The van der Waals surface area contributed by atoms with Crippen LogP contribution in [0.5, 0.6) is 0 Å². The highest BCUT2D eigenvalue weighted by molar-refractivity contribution is 9.10. The molecule has 98 valence electrons. The van der Waals surface area contributed by atoms with Gasteiger partial charge in [0.15, 0.2) is 0 Å². The van der Waals surface area contributed by atoms with Crippen molar-refractivity contribution in [3.63, 3.8) is 0 Å². The number of hydrogen-bond donors (Lipinski definition) is 2. The molecule has 0 unspecified atom stereocenters. The van der Waals surface area contributed by atoms with Crippen molar-refractivity contribution in [2.45, 2.75) is 33.1 Å². The first-order valence-electron chi connectivity index (χ1n) is 5.68. The first-order chi connectivity index (χ1) is 8.40. The molecule has 0 saturated carbocycles. The zero-order valence-corrected chi connectivity index (χ0v) is 12.0. The Hall–Kier alpha value is -1.36. The number of aryl methyl sites for hydroxylation is 2. The van der Waals surface area contributed by atoms with Crippen LogP contribution in [-0.4, -0.2) is 17.0 Å². The van der Waals surface area contributed by atoms with Crippen LogP contribution in [0.3, 0.4) is 0 Å². The molecule has 0 heterocycles. The minimum Gasteiger partial charge on any atom is -0.481 e. The van der Waals surface area contributed by atoms with Crippen LogP contribution in [0.25, 0.3) is 0 Å². The van der Waals surface area contributed by atoms with Crippen molar-refractivity contribution in [1.82, 2.24) is 0 Å². The van der Waals surface area contributed by atoms with E-state index in [0.29, 0.717) is 6.42 Å². The lowest BCUT2D eigenvalue weighted by Gasteiger charge is -2.12. The maximum Gasteiger partial charge on any atom is 0.303 e. The van der Waals surface area contributed by atoms with E-state index in [4.69, 9.17) is 5.11 Å². The molecule has 0 aliphatic rings. The van der Waals surface area contributed by atoms with Crippen molar-refractivity contribution < 1.29 is 14.7 Å². The summed E-state index contributed by atoms with van der Waals surface area (Å²) in [5.41, 5.74) is 2.76. The minimum atomic E-state index is -0.876. The lowest BCUT2D eigenvalue weighted by atomic mass is 10.1. The Kier molecular flexibility index (Phi) is 5.34. The predicted octanol–water partition coefficient (Wildman–Crippen LogP) is 3.26. The number of aliphatic carboxylic acids is 1. The molecule has 0 aromatic heterocycles. The summed E-state index contributed by atoms with van der Waals surface area (Å²) >= 11 is 3.39. The second-order valence-corrected chi connectivity index (χ2v) is 5.13. The van der Waals surface area contributed by atoms with Crippen molar-refractivity contribution >= 4 is 33.5 Å². The Morgan fingerprint density at radius 1 is 1.22 bits per heavy atom. The van der Waals surface area contributed by atoms with Gasteiger partial charge in [0, 0.05) is 23.0 Å². The van der Waals surface area contributed by atoms with E-state index in [2.05, 4.69) is 21.2 Å². The number of amides is 1. The Morgan fingerprint density at radius 2 is 1.78 bits per heavy atom. The Bertz CT molecular complexity index is 448. The minimum absolute atomic E-state index is 0.0196. The molecular weight excluding hydrogens is 298 g/mol. The molecule has 0 fully saturated rings. The molecule has 0 spiro atoms. The first-order valence-corrected chi connectivity index (χ1v) is 6.48. The van der Waals surface area contributed by atoms with Gasteiger partial charge in [-0.2, -0.15) is 0 Å². The molecule has 1 rings (SSSR count). The second-order valence-electron chi connectivity index (χ2n) is 4.21. The van der Waals surface area contributed by atoms with Crippen LogP contribution in [0.15, 0.2) is 16.6 Å². The highest BCUT2D eigenvalue weighted by atomic mass is 79.9. The van der Waals surface area contributed by atoms with Gasteiger partial charge in [-0.15, -0.1) is 0 Å². The quantitative estimate of drug-likeness (QED) is 0.876. The van der Waals surface area contributed by atoms with Gasteiger partial charge in [0.05, 0.1) is 0 Å². The lowest BCUT2D eigenvalue weighted by Crippen LogP contribution is -2.13. The van der Waals surface area contributed by atoms with Gasteiger partial charge < -0.3 is 10.4 Å². The van der Waals surface area contributed by atoms with E-state index in [9.17, 15) is 9.59 Å². The summed E-state index contributed by atoms with van der Waals surface area (Å²) in [6.45, 7) is 3.84. The van der Waals surface area contributed by atoms with E-state index in [0.717, 1.165) is 21.3 Å². The topological polar surface area (TPSA) is 66.4 Å². The van der Waals surface area contributed by atoms with Crippen molar-refractivity contribution in [2.75, 3.05) is 5.32 Å². The molecule has 0 aliphatic carbocycles. The van der Waals surface area contributed by atoms with Gasteiger partial charge in [0.25, 0.3) is 0 Å². The fraction of sp³-hybridized carbons (Fsp3) is 0.385. The number of nitrogens with one attached hydrogen (secondary N) is 1. The predicted molar refractivity (Wildman–Crippen MR) is 73.7 cm³/mol. The summed E-state index contributed by atoms with van der Waals surface area (Å²) < 4.78 is 0.973. The molecular formula is C13H16BrNO3. The Labute approximate surface area is 115 Å². The summed E-state index contributed by atoms with van der Waals surface area (Å²) in [5, 5.41) is 11.3. The zero-order chi connectivity index (χ0) is 13.7. The molecule has 0 aliphatic heterocycles. The largest absolute Gasteiger partial charge is 0.481 e. The van der Waals surface area contributed by atoms with E-state index < -0.39 is 5.97 Å². The summed E-state index contributed by atoms with van der Waals surface area (Å²) in [6.07, 6.45) is 0.600. The smallest absolute Gasteiger partial charge is 0.303 e. The molecule has 0 bridgehead atoms. The molecule has 0 atom stereocenters. The van der Waals surface area contributed by atoms with Gasteiger partial charge in [0.2, 0.25) is 5.91 Å². The number of rotatable bonds is 5. The van der Waals surface area contributed by atoms with Crippen LogP contribution < -0.4 is 5.32 Å². The normalized spacial score (nSPS) is 10.2. The molecule has 1 aromatic rings. The van der Waals surface area contributed by atoms with E-state index in [1.807, 2.05) is 26.0 Å². The van der Waals surface area contributed by atoms with Gasteiger partial charge in [-0.3, -0.25) is 9.59 Å². The third-order valence-corrected chi connectivity index (χ3v) is 3.01. The molecule has 1 amide bonds. The van der Waals surface area contributed by atoms with E-state index >= 15 is 0 Å². The maximum absolute atomic E-state index is 11.7. The van der Waals surface area contributed by atoms with Crippen LogP contribution >= 0.6 is 15.9 Å². The van der Waals surface area contributed by atoms with Crippen molar-refractivity contribution in [1.29, 1.82) is 0 Å². The standard InChI is InChI=1S/C13H16BrNO3/c1-8-6-10(14)7-9(2)13(8)15-11(16)4-3-5-12(17)18/h6-7H,3-5H2,1-2H3,(H,15,16)(H,17,18). The lowest BCUT2D eigenvalue weighted by molar-refractivity contribution is -0.137. The number of anilines is 1. The molecule has 2 N–H and O–H groups in total. The number of benzene rings is 1. The van der Waals surface area contributed by atoms with E-state index in [1.165, 1.54) is 0 Å². The van der Waals surface area contributed by atoms with Gasteiger partial charge in [-0.25, -0.2) is 0 Å². The number of halogens is 1. The number of carbonyl (C=O) groups is 2. The van der Waals surface area contributed by atoms with E-state index in [-0.39, 0.29) is 18.7 Å². The zero-order valence-electron chi connectivity index (χ0n) is 10.4. The van der Waals surface area contributed by atoms with Crippen LogP contribution in [0.2, 0.25) is 0 Å². The Balaban J connectivity index is 2.62. The van der Waals surface area contributed by atoms with Gasteiger partial charge in [-0.1, -0.05) is 15.9 Å². The molecule has 1 aromatic carbocycles. The summed E-state index contributed by atoms with van der Waals surface area (Å²) in [7, 11) is 0. The molecule has 0 saturated heterocycles. The summed E-state index contributed by atoms with van der Waals surface area (Å²) in [6, 6.07) is 3.86. The number of hydrogen-bond acceptors (Lipinski definition) is 2. The second kappa shape index (κ2) is 6.54. The SMILES string of the molecule is Cc1cc(Br)cc(C)c1NC(=O)CCCC(=O)O. The first kappa shape index (κ1) is 14.7. The highest BCUT2D eigenvalue weighted by Crippen LogP contribution is 2.25. The Morgan fingerprint density at radius 3 is 2.28 bits per heavy atom. The number of carboxylic acid groups (broad SMARTS) is 1. The fourth-order valence-corrected chi connectivity index (χ4v) is 2.40. The van der Waals surface area contributed by atoms with Crippen molar-refractivity contribution in [2.24, 2.45) is 0 Å². The van der Waals surface area contributed by atoms with Crippen molar-refractivity contribution in [3.8, 4) is 0 Å². The van der Waals surface area contributed by atoms with Crippen LogP contribution in [-0.2, 0) is 9.59 Å². The van der Waals surface area contributed by atoms with Crippen LogP contribution in [0.1, 0.15) is 30.4 Å². The molecule has 4 nitrogen and oxygen atoms in total. The van der Waals surface area contributed by atoms with Crippen LogP contribution in [0, 0.1) is 13.8 Å². The van der Waals surface area contributed by atoms with E-state index in [1.54, 1.807) is 0 Å². The van der Waals surface area contributed by atoms with Gasteiger partial charge in [0.1, 0.15) is 0 Å². The van der Waals surface area contributed by atoms with Gasteiger partial charge >= 0.3 is 5.97 Å². The van der Waals surface area contributed by atoms with Gasteiger partial charge in [-0.05, 0) is 43.5 Å². The monoisotopic (exact) mass is 313 g/mol. The number of carbonyl (C=O) groups excluding carboxylic acids is 1. The third kappa shape index (κ3) is 4.49. The third-order valence-electron chi connectivity index (χ3n) is 2.56. The summed E-state index contributed by atoms with van der Waals surface area (Å²) in [5.74, 6) is -1.02. The average molecular weight is 314 g/mol. The highest BCUT2D eigenvalue weighted by Gasteiger charge is 2.09. The van der Waals surface area contributed by atoms with Crippen LogP contribution in [0.4, 0.5) is 5.69 Å². The summed E-state index contributed by atoms with van der Waals surface area (Å²) in [4.78, 5) is 22.0.